The van der Waals surface area contributed by atoms with E-state index >= 15 is 0 Å². The third-order valence-electron chi connectivity index (χ3n) is 8.39. The molecule has 276 valence electrons. The normalized spacial score (nSPS) is 10.2. The Kier molecular flexibility index (Phi) is 16.9. The fourth-order valence-corrected chi connectivity index (χ4v) is 5.86. The summed E-state index contributed by atoms with van der Waals surface area (Å²) in [6.07, 6.45) is 3.69. The number of aromatic nitrogens is 4. The molecule has 0 spiro atoms. The van der Waals surface area contributed by atoms with Gasteiger partial charge in [0.15, 0.2) is 10.3 Å². The van der Waals surface area contributed by atoms with E-state index in [0.717, 1.165) is 87.6 Å². The summed E-state index contributed by atoms with van der Waals surface area (Å²) in [5.74, 6) is 1.64. The fraction of sp³-hybridized carbons (Fsp3) is 0.209. The zero-order valence-corrected chi connectivity index (χ0v) is 32.1. The Labute approximate surface area is 329 Å². The standard InChI is InChI=1S/C24H24N4.C12H12Cl2N2.C6H7N.CH4.ClH/c1-3-17-15-16-18(4-2)22-21(17)27-23(25-19-11-7-5-8-12-19)24(28-22)26-20-13-9-6-10-14-20;1-3-7-5-6-8(4-2)10-9(7)15-11(13)12(14)16-10;7-6-4-2-1-3-5-6;;/h5-16H,3-4H2,1-2H3,(H,25,27)(H,26,28);5-6H,3-4H2,1-2H3;1-5H,7H2;1H4;1H. The first-order chi connectivity index (χ1) is 24.8. The summed E-state index contributed by atoms with van der Waals surface area (Å²) in [6, 6.07) is 38.4. The van der Waals surface area contributed by atoms with Crippen LogP contribution < -0.4 is 28.8 Å². The largest absolute Gasteiger partial charge is 1.00 e. The molecular formula is C43H48Cl3N7. The first-order valence-electron chi connectivity index (χ1n) is 17.3. The summed E-state index contributed by atoms with van der Waals surface area (Å²) in [5.41, 5.74) is 16.8. The molecule has 0 saturated carbocycles. The molecule has 5 N–H and O–H groups in total. The Morgan fingerprint density at radius 1 is 0.528 bits per heavy atom. The fourth-order valence-electron chi connectivity index (χ4n) is 5.61. The highest BCUT2D eigenvalue weighted by molar-refractivity contribution is 6.40. The minimum Gasteiger partial charge on any atom is -1.00 e. The zero-order valence-electron chi connectivity index (χ0n) is 29.9. The SMILES string of the molecule is C.CCc1ccc(CC)c2nc(Cl)c(Cl)nc12.CCc1ccc(CC)c2nc([NH2+]c3ccccc3)c(Nc3ccccc3)nc12.Nc1ccccc1.[Cl-]. The lowest BCUT2D eigenvalue weighted by Gasteiger charge is -2.13. The number of rotatable bonds is 8. The van der Waals surface area contributed by atoms with Gasteiger partial charge in [-0.25, -0.2) is 15.0 Å². The first-order valence-corrected chi connectivity index (χ1v) is 18.1. The molecule has 5 aromatic carbocycles. The number of fused-ring (bicyclic) bond motifs is 2. The van der Waals surface area contributed by atoms with Crippen LogP contribution in [0.4, 0.5) is 28.7 Å². The van der Waals surface area contributed by atoms with Crippen LogP contribution in [0.1, 0.15) is 57.4 Å². The molecule has 2 heterocycles. The van der Waals surface area contributed by atoms with Crippen LogP contribution in [-0.4, -0.2) is 19.9 Å². The lowest BCUT2D eigenvalue weighted by Crippen LogP contribution is -3.00. The first kappa shape index (κ1) is 42.6. The van der Waals surface area contributed by atoms with Crippen LogP contribution in [0.25, 0.3) is 22.1 Å². The number of hydrogen-bond donors (Lipinski definition) is 3. The third-order valence-corrected chi connectivity index (χ3v) is 9.01. The molecule has 53 heavy (non-hydrogen) atoms. The highest BCUT2D eigenvalue weighted by atomic mass is 35.5. The average molecular weight is 769 g/mol. The number of aryl methyl sites for hydroxylation is 4. The van der Waals surface area contributed by atoms with E-state index in [1.165, 1.54) is 11.1 Å². The molecular weight excluding hydrogens is 721 g/mol. The Morgan fingerprint density at radius 2 is 0.906 bits per heavy atom. The molecule has 0 bridgehead atoms. The van der Waals surface area contributed by atoms with Crippen molar-refractivity contribution in [3.63, 3.8) is 0 Å². The number of halogens is 3. The molecule has 0 unspecified atom stereocenters. The van der Waals surface area contributed by atoms with Crippen molar-refractivity contribution in [1.29, 1.82) is 0 Å². The quantitative estimate of drug-likeness (QED) is 0.135. The minimum absolute atomic E-state index is 0. The van der Waals surface area contributed by atoms with Gasteiger partial charge in [0.1, 0.15) is 5.69 Å². The van der Waals surface area contributed by atoms with Crippen LogP contribution >= 0.6 is 23.2 Å². The highest BCUT2D eigenvalue weighted by Crippen LogP contribution is 2.28. The van der Waals surface area contributed by atoms with Crippen LogP contribution in [-0.2, 0) is 25.7 Å². The second-order valence-electron chi connectivity index (χ2n) is 11.8. The number of anilines is 3. The third kappa shape index (κ3) is 11.1. The number of benzene rings is 5. The number of nitrogens with one attached hydrogen (secondary N) is 1. The van der Waals surface area contributed by atoms with E-state index in [0.29, 0.717) is 0 Å². The second-order valence-corrected chi connectivity index (χ2v) is 12.5. The van der Waals surface area contributed by atoms with Crippen molar-refractivity contribution in [3.8, 4) is 0 Å². The van der Waals surface area contributed by atoms with Crippen molar-refractivity contribution in [2.75, 3.05) is 11.1 Å². The van der Waals surface area contributed by atoms with E-state index < -0.39 is 0 Å². The molecule has 0 radical (unpaired) electrons. The summed E-state index contributed by atoms with van der Waals surface area (Å²) in [7, 11) is 0. The Morgan fingerprint density at radius 3 is 1.30 bits per heavy atom. The van der Waals surface area contributed by atoms with Crippen molar-refractivity contribution in [2.24, 2.45) is 0 Å². The van der Waals surface area contributed by atoms with Crippen LogP contribution in [0.15, 0.2) is 115 Å². The Hall–Kier alpha value is -4.79. The van der Waals surface area contributed by atoms with Gasteiger partial charge in [0.2, 0.25) is 5.82 Å². The van der Waals surface area contributed by atoms with Crippen molar-refractivity contribution in [2.45, 2.75) is 60.8 Å². The molecule has 7 aromatic rings. The van der Waals surface area contributed by atoms with Crippen LogP contribution in [0.5, 0.6) is 0 Å². The highest BCUT2D eigenvalue weighted by Gasteiger charge is 2.18. The van der Waals surface area contributed by atoms with Gasteiger partial charge in [-0.15, -0.1) is 0 Å². The smallest absolute Gasteiger partial charge is 0.273 e. The van der Waals surface area contributed by atoms with Crippen molar-refractivity contribution in [1.82, 2.24) is 19.9 Å². The van der Waals surface area contributed by atoms with Gasteiger partial charge in [-0.3, -0.25) is 5.32 Å². The second kappa shape index (κ2) is 21.0. The number of nitrogen functional groups attached to an aromatic ring is 1. The van der Waals surface area contributed by atoms with Gasteiger partial charge in [0.25, 0.3) is 5.82 Å². The maximum atomic E-state index is 5.91. The van der Waals surface area contributed by atoms with E-state index in [1.54, 1.807) is 0 Å². The number of quaternary nitrogens is 1. The van der Waals surface area contributed by atoms with Gasteiger partial charge in [0, 0.05) is 11.4 Å². The molecule has 0 aliphatic carbocycles. The molecule has 10 heteroatoms. The van der Waals surface area contributed by atoms with Gasteiger partial charge in [-0.2, -0.15) is 4.98 Å². The molecule has 0 atom stereocenters. The van der Waals surface area contributed by atoms with E-state index in [9.17, 15) is 0 Å². The van der Waals surface area contributed by atoms with Gasteiger partial charge < -0.3 is 23.5 Å². The van der Waals surface area contributed by atoms with E-state index in [-0.39, 0.29) is 30.1 Å². The summed E-state index contributed by atoms with van der Waals surface area (Å²) >= 11 is 11.8. The summed E-state index contributed by atoms with van der Waals surface area (Å²) in [5, 5.41) is 6.11. The summed E-state index contributed by atoms with van der Waals surface area (Å²) < 4.78 is 0. The molecule has 7 nitrogen and oxygen atoms in total. The number of nitrogens with two attached hydrogens (primary N) is 2. The molecule has 0 aliphatic rings. The van der Waals surface area contributed by atoms with Crippen LogP contribution in [0, 0.1) is 0 Å². The Bertz CT molecular complexity index is 2050. The minimum atomic E-state index is 0. The van der Waals surface area contributed by atoms with E-state index in [2.05, 4.69) is 84.7 Å². The summed E-state index contributed by atoms with van der Waals surface area (Å²) in [6.45, 7) is 8.50. The number of hydrogen-bond acceptors (Lipinski definition) is 6. The van der Waals surface area contributed by atoms with Gasteiger partial charge in [0.05, 0.1) is 22.1 Å². The number of nitrogens with zero attached hydrogens (tertiary/aromatic N) is 4. The zero-order chi connectivity index (χ0) is 36.2. The maximum absolute atomic E-state index is 5.91. The lowest BCUT2D eigenvalue weighted by molar-refractivity contribution is -0.482. The maximum Gasteiger partial charge on any atom is 0.273 e. The van der Waals surface area contributed by atoms with Crippen molar-refractivity contribution < 1.29 is 17.7 Å². The summed E-state index contributed by atoms with van der Waals surface area (Å²) in [4.78, 5) is 18.8. The van der Waals surface area contributed by atoms with Crippen LogP contribution in [0.2, 0.25) is 10.3 Å². The average Bonchev–Trinajstić information content (AvgIpc) is 3.16. The topological polar surface area (TPSA) is 106 Å². The molecule has 0 amide bonds. The van der Waals surface area contributed by atoms with Gasteiger partial charge in [-0.05, 0) is 84.3 Å². The monoisotopic (exact) mass is 767 g/mol. The number of para-hydroxylation sites is 3. The lowest BCUT2D eigenvalue weighted by atomic mass is 10.0. The van der Waals surface area contributed by atoms with Crippen LogP contribution in [0.3, 0.4) is 0 Å². The molecule has 0 fully saturated rings. The molecule has 0 saturated heterocycles. The van der Waals surface area contributed by atoms with E-state index in [1.807, 2.05) is 78.9 Å². The van der Waals surface area contributed by atoms with Gasteiger partial charge >= 0.3 is 0 Å². The predicted molar refractivity (Wildman–Crippen MR) is 222 cm³/mol. The van der Waals surface area contributed by atoms with E-state index in [4.69, 9.17) is 38.9 Å². The Balaban J connectivity index is 0.000000255. The van der Waals surface area contributed by atoms with Crippen molar-refractivity contribution >= 4 is 74.0 Å². The molecule has 0 aliphatic heterocycles. The molecule has 7 rings (SSSR count). The van der Waals surface area contributed by atoms with Gasteiger partial charge in [-0.1, -0.05) is 137 Å². The van der Waals surface area contributed by atoms with Crippen molar-refractivity contribution in [3.05, 3.63) is 148 Å². The molecule has 2 aromatic heterocycles. The predicted octanol–water partition coefficient (Wildman–Crippen LogP) is 8.00.